The topological polar surface area (TPSA) is 166 Å². The third-order valence-corrected chi connectivity index (χ3v) is 7.22. The van der Waals surface area contributed by atoms with Gasteiger partial charge in [0.15, 0.2) is 6.10 Å². The van der Waals surface area contributed by atoms with Crippen molar-refractivity contribution in [1.82, 2.24) is 10.6 Å². The number of fused-ring (bicyclic) bond motifs is 2. The molecule has 5 N–H and O–H groups in total. The summed E-state index contributed by atoms with van der Waals surface area (Å²) in [7, 11) is 2.92. The fourth-order valence-electron chi connectivity index (χ4n) is 4.95. The second kappa shape index (κ2) is 16.0. The van der Waals surface area contributed by atoms with Crippen molar-refractivity contribution in [3.8, 4) is 0 Å². The molecule has 0 fully saturated rings. The number of Topliss-reactive ketones (excluding diaryl/α,β-unsaturated/α-hetero) is 1. The van der Waals surface area contributed by atoms with Gasteiger partial charge < -0.3 is 35.7 Å². The van der Waals surface area contributed by atoms with Crippen LogP contribution in [0, 0.1) is 11.8 Å². The molecule has 0 saturated carbocycles. The van der Waals surface area contributed by atoms with Crippen molar-refractivity contribution >= 4 is 23.6 Å². The predicted octanol–water partition coefficient (Wildman–Crippen LogP) is 2.54. The van der Waals surface area contributed by atoms with Gasteiger partial charge in [-0.1, -0.05) is 44.2 Å². The van der Waals surface area contributed by atoms with E-state index in [0.717, 1.165) is 6.08 Å². The van der Waals surface area contributed by atoms with E-state index in [2.05, 4.69) is 17.2 Å². The SMILES string of the molecule is C=CCNC1=C2C[C@@H](C)C[C@@H](OC)[C@@H](O)[C@H](C)/C=C(\C)[C@@H](OC(N)=O)[C@@H](OC)/C=C/C=C(/C)C(=O)NC(=CC1=O)C2=O. The third-order valence-electron chi connectivity index (χ3n) is 7.22. The van der Waals surface area contributed by atoms with Crippen molar-refractivity contribution < 1.29 is 38.5 Å². The monoisotopic (exact) mass is 585 g/mol. The molecule has 11 nitrogen and oxygen atoms in total. The van der Waals surface area contributed by atoms with E-state index in [-0.39, 0.29) is 41.4 Å². The molecule has 42 heavy (non-hydrogen) atoms. The Morgan fingerprint density at radius 3 is 2.50 bits per heavy atom. The summed E-state index contributed by atoms with van der Waals surface area (Å²) in [5.74, 6) is -2.14. The highest BCUT2D eigenvalue weighted by Crippen LogP contribution is 2.28. The number of carbonyl (C=O) groups is 4. The molecule has 2 amide bonds. The van der Waals surface area contributed by atoms with Crippen molar-refractivity contribution in [2.45, 2.75) is 65.0 Å². The van der Waals surface area contributed by atoms with E-state index < -0.39 is 53.9 Å². The van der Waals surface area contributed by atoms with Crippen LogP contribution in [-0.2, 0) is 28.6 Å². The van der Waals surface area contributed by atoms with Gasteiger partial charge in [0.25, 0.3) is 5.91 Å². The van der Waals surface area contributed by atoms with E-state index in [9.17, 15) is 24.3 Å². The summed E-state index contributed by atoms with van der Waals surface area (Å²) in [5, 5.41) is 16.7. The van der Waals surface area contributed by atoms with Gasteiger partial charge in [0, 0.05) is 43.9 Å². The minimum atomic E-state index is -1.00. The number of rotatable bonds is 6. The predicted molar refractivity (Wildman–Crippen MR) is 158 cm³/mol. The van der Waals surface area contributed by atoms with Crippen LogP contribution in [-0.4, -0.2) is 73.9 Å². The maximum atomic E-state index is 13.5. The van der Waals surface area contributed by atoms with Gasteiger partial charge in [-0.15, -0.1) is 6.58 Å². The quantitative estimate of drug-likeness (QED) is 0.271. The number of aliphatic hydroxyl groups excluding tert-OH is 1. The highest BCUT2D eigenvalue weighted by atomic mass is 16.6. The lowest BCUT2D eigenvalue weighted by Crippen LogP contribution is -2.37. The highest BCUT2D eigenvalue weighted by molar-refractivity contribution is 6.23. The van der Waals surface area contributed by atoms with Crippen LogP contribution >= 0.6 is 0 Å². The molecule has 0 radical (unpaired) electrons. The molecule has 1 aliphatic heterocycles. The van der Waals surface area contributed by atoms with Gasteiger partial charge in [0.1, 0.15) is 6.10 Å². The number of aliphatic hydroxyl groups is 1. The summed E-state index contributed by atoms with van der Waals surface area (Å²) in [6.45, 7) is 10.9. The van der Waals surface area contributed by atoms with Gasteiger partial charge in [-0.05, 0) is 38.2 Å². The molecule has 6 atom stereocenters. The van der Waals surface area contributed by atoms with Crippen LogP contribution < -0.4 is 16.4 Å². The molecule has 11 heteroatoms. The van der Waals surface area contributed by atoms with E-state index in [1.807, 2.05) is 6.92 Å². The molecule has 2 rings (SSSR count). The van der Waals surface area contributed by atoms with Crippen LogP contribution in [0.4, 0.5) is 4.79 Å². The first-order chi connectivity index (χ1) is 19.8. The van der Waals surface area contributed by atoms with Crippen molar-refractivity contribution in [3.05, 3.63) is 71.1 Å². The molecule has 0 spiro atoms. The molecule has 230 valence electrons. The molecule has 0 aromatic heterocycles. The second-order valence-corrected chi connectivity index (χ2v) is 10.6. The maximum Gasteiger partial charge on any atom is 0.405 e. The molecule has 1 heterocycles. The lowest BCUT2D eigenvalue weighted by atomic mass is 9.85. The normalized spacial score (nSPS) is 31.6. The van der Waals surface area contributed by atoms with E-state index in [4.69, 9.17) is 19.9 Å². The van der Waals surface area contributed by atoms with Gasteiger partial charge in [-0.3, -0.25) is 14.4 Å². The highest BCUT2D eigenvalue weighted by Gasteiger charge is 2.33. The van der Waals surface area contributed by atoms with E-state index in [1.54, 1.807) is 45.1 Å². The molecular weight excluding hydrogens is 542 g/mol. The van der Waals surface area contributed by atoms with Crippen molar-refractivity contribution in [3.63, 3.8) is 0 Å². The third kappa shape index (κ3) is 9.10. The molecule has 0 unspecified atom stereocenters. The number of nitrogens with two attached hydrogens (primary N) is 1. The average molecular weight is 586 g/mol. The van der Waals surface area contributed by atoms with Crippen LogP contribution in [0.1, 0.15) is 40.5 Å². The summed E-state index contributed by atoms with van der Waals surface area (Å²) >= 11 is 0. The first kappa shape index (κ1) is 34.4. The number of nitrogens with one attached hydrogen (secondary N) is 2. The zero-order chi connectivity index (χ0) is 31.6. The zero-order valence-corrected chi connectivity index (χ0v) is 25.1. The van der Waals surface area contributed by atoms with Gasteiger partial charge in [-0.2, -0.15) is 0 Å². The van der Waals surface area contributed by atoms with Gasteiger partial charge >= 0.3 is 6.09 Å². The number of ether oxygens (including phenoxy) is 3. The molecule has 1 aliphatic carbocycles. The van der Waals surface area contributed by atoms with E-state index in [0.29, 0.717) is 12.0 Å². The van der Waals surface area contributed by atoms with Crippen LogP contribution in [0.3, 0.4) is 0 Å². The molecule has 0 saturated heterocycles. The number of amides is 2. The fourth-order valence-corrected chi connectivity index (χ4v) is 4.95. The second-order valence-electron chi connectivity index (χ2n) is 10.6. The minimum Gasteiger partial charge on any atom is -0.439 e. The van der Waals surface area contributed by atoms with Crippen molar-refractivity contribution in [2.24, 2.45) is 17.6 Å². The Bertz CT molecular complexity index is 1210. The van der Waals surface area contributed by atoms with Crippen LogP contribution in [0.25, 0.3) is 0 Å². The summed E-state index contributed by atoms with van der Waals surface area (Å²) < 4.78 is 16.6. The van der Waals surface area contributed by atoms with E-state index in [1.165, 1.54) is 20.3 Å². The molecule has 2 aliphatic rings. The first-order valence-corrected chi connectivity index (χ1v) is 13.8. The van der Waals surface area contributed by atoms with Crippen LogP contribution in [0.15, 0.2) is 71.1 Å². The minimum absolute atomic E-state index is 0.132. The Morgan fingerprint density at radius 2 is 1.90 bits per heavy atom. The number of ketones is 2. The molecular formula is C31H43N3O8. The fraction of sp³-hybridized carbons (Fsp3) is 0.484. The Kier molecular flexibility index (Phi) is 13.1. The Hall–Kier alpha value is -3.80. The Balaban J connectivity index is 2.62. The standard InChI is InChI=1S/C31H43N3O8/c1-8-12-33-26-21-13-17(2)14-25(41-7)27(36)19(4)15-20(5)29(42-31(32)39)24(40-6)11-9-10-18(3)30(38)34-22(28(21)37)16-23(26)35/h8-11,15-17,19,24-25,27,29,33,36H,1,12-14H2,2-7H3,(H2,32,39)(H,34,38)/b11-9+,18-10-,20-15+/t17-,19-,24+,25-,27+,29-/m1/s1. The number of primary amides is 1. The maximum absolute atomic E-state index is 13.5. The summed E-state index contributed by atoms with van der Waals surface area (Å²) in [6, 6.07) is 0. The lowest BCUT2D eigenvalue weighted by molar-refractivity contribution is -0.120. The van der Waals surface area contributed by atoms with Gasteiger partial charge in [0.2, 0.25) is 11.6 Å². The van der Waals surface area contributed by atoms with Crippen molar-refractivity contribution in [2.75, 3.05) is 20.8 Å². The van der Waals surface area contributed by atoms with Crippen LogP contribution in [0.2, 0.25) is 0 Å². The summed E-state index contributed by atoms with van der Waals surface area (Å²) in [6.07, 6.45) is 5.34. The smallest absolute Gasteiger partial charge is 0.405 e. The lowest BCUT2D eigenvalue weighted by Gasteiger charge is -2.30. The largest absolute Gasteiger partial charge is 0.439 e. The van der Waals surface area contributed by atoms with Gasteiger partial charge in [0.05, 0.1) is 23.6 Å². The van der Waals surface area contributed by atoms with Crippen molar-refractivity contribution in [1.29, 1.82) is 0 Å². The Morgan fingerprint density at radius 1 is 1.21 bits per heavy atom. The zero-order valence-electron chi connectivity index (χ0n) is 25.1. The number of hydrogen-bond acceptors (Lipinski definition) is 9. The summed E-state index contributed by atoms with van der Waals surface area (Å²) in [5.41, 5.74) is 6.42. The molecule has 2 bridgehead atoms. The Labute approximate surface area is 247 Å². The number of methoxy groups -OCH3 is 2. The number of carbonyl (C=O) groups excluding carboxylic acids is 4. The average Bonchev–Trinajstić information content (AvgIpc) is 2.94. The molecule has 0 aromatic carbocycles. The first-order valence-electron chi connectivity index (χ1n) is 13.8. The summed E-state index contributed by atoms with van der Waals surface area (Å²) in [4.78, 5) is 51.3. The van der Waals surface area contributed by atoms with Crippen LogP contribution in [0.5, 0.6) is 0 Å². The van der Waals surface area contributed by atoms with Gasteiger partial charge in [-0.25, -0.2) is 4.79 Å². The number of allylic oxidation sites excluding steroid dienone is 4. The number of hydrogen-bond donors (Lipinski definition) is 4. The van der Waals surface area contributed by atoms with E-state index >= 15 is 0 Å². The molecule has 0 aromatic rings.